The van der Waals surface area contributed by atoms with Gasteiger partial charge >= 0.3 is 5.97 Å². The Balaban J connectivity index is 2.34. The van der Waals surface area contributed by atoms with E-state index in [0.29, 0.717) is 5.56 Å². The first-order valence-electron chi connectivity index (χ1n) is 4.92. The van der Waals surface area contributed by atoms with Crippen LogP contribution in [0, 0.1) is 6.92 Å². The standard InChI is InChI=1S/C14H11O2/c1-10-2-4-11(5-3-10)12-6-8-13(9-7-12)14(15)16/h2-9H,1H2,(H,15,16). The molecule has 0 spiro atoms. The molecule has 0 bridgehead atoms. The monoisotopic (exact) mass is 211 g/mol. The Morgan fingerprint density at radius 1 is 0.875 bits per heavy atom. The minimum atomic E-state index is -0.903. The van der Waals surface area contributed by atoms with Gasteiger partial charge in [-0.15, -0.1) is 0 Å². The number of carboxylic acid groups (broad SMARTS) is 1. The van der Waals surface area contributed by atoms with Crippen LogP contribution in [0.15, 0.2) is 48.5 Å². The van der Waals surface area contributed by atoms with E-state index in [9.17, 15) is 4.79 Å². The molecule has 2 aromatic carbocycles. The Labute approximate surface area is 94.2 Å². The van der Waals surface area contributed by atoms with Crippen LogP contribution in [0.25, 0.3) is 11.1 Å². The number of hydrogen-bond donors (Lipinski definition) is 1. The Kier molecular flexibility index (Phi) is 2.73. The fraction of sp³-hybridized carbons (Fsp3) is 0. The van der Waals surface area contributed by atoms with Gasteiger partial charge in [0.15, 0.2) is 0 Å². The molecular formula is C14H11O2. The predicted molar refractivity (Wildman–Crippen MR) is 63.3 cm³/mol. The number of rotatable bonds is 2. The van der Waals surface area contributed by atoms with Gasteiger partial charge in [-0.1, -0.05) is 36.4 Å². The zero-order valence-corrected chi connectivity index (χ0v) is 8.68. The van der Waals surface area contributed by atoms with Gasteiger partial charge in [0.2, 0.25) is 0 Å². The van der Waals surface area contributed by atoms with Crippen LogP contribution in [0.2, 0.25) is 0 Å². The van der Waals surface area contributed by atoms with Gasteiger partial charge < -0.3 is 5.11 Å². The zero-order chi connectivity index (χ0) is 11.5. The molecule has 0 saturated heterocycles. The molecule has 0 saturated carbocycles. The van der Waals surface area contributed by atoms with E-state index >= 15 is 0 Å². The first kappa shape index (κ1) is 10.4. The van der Waals surface area contributed by atoms with Gasteiger partial charge in [0.05, 0.1) is 5.56 Å². The van der Waals surface area contributed by atoms with Crippen molar-refractivity contribution in [3.8, 4) is 11.1 Å². The van der Waals surface area contributed by atoms with E-state index in [1.54, 1.807) is 12.1 Å². The lowest BCUT2D eigenvalue weighted by atomic mass is 10.0. The Hall–Kier alpha value is -2.09. The maximum atomic E-state index is 10.7. The van der Waals surface area contributed by atoms with E-state index in [4.69, 9.17) is 5.11 Å². The first-order valence-corrected chi connectivity index (χ1v) is 4.92. The second kappa shape index (κ2) is 4.19. The Morgan fingerprint density at radius 2 is 1.31 bits per heavy atom. The third-order valence-electron chi connectivity index (χ3n) is 2.42. The topological polar surface area (TPSA) is 37.3 Å². The third-order valence-corrected chi connectivity index (χ3v) is 2.42. The van der Waals surface area contributed by atoms with Gasteiger partial charge in [-0.25, -0.2) is 4.79 Å². The molecule has 2 aromatic rings. The van der Waals surface area contributed by atoms with E-state index in [2.05, 4.69) is 6.92 Å². The van der Waals surface area contributed by atoms with Crippen molar-refractivity contribution in [2.75, 3.05) is 0 Å². The Bertz CT molecular complexity index is 495. The zero-order valence-electron chi connectivity index (χ0n) is 8.68. The third kappa shape index (κ3) is 2.11. The van der Waals surface area contributed by atoms with E-state index in [-0.39, 0.29) is 0 Å². The molecular weight excluding hydrogens is 200 g/mol. The van der Waals surface area contributed by atoms with Crippen molar-refractivity contribution in [1.82, 2.24) is 0 Å². The van der Waals surface area contributed by atoms with E-state index in [0.717, 1.165) is 16.7 Å². The SMILES string of the molecule is [CH2]c1ccc(-c2ccc(C(=O)O)cc2)cc1. The summed E-state index contributed by atoms with van der Waals surface area (Å²) < 4.78 is 0. The average Bonchev–Trinajstić information content (AvgIpc) is 2.30. The van der Waals surface area contributed by atoms with Gasteiger partial charge in [-0.3, -0.25) is 0 Å². The molecule has 2 nitrogen and oxygen atoms in total. The van der Waals surface area contributed by atoms with Gasteiger partial charge in [0.1, 0.15) is 0 Å². The quantitative estimate of drug-likeness (QED) is 0.828. The average molecular weight is 211 g/mol. The summed E-state index contributed by atoms with van der Waals surface area (Å²) in [6.45, 7) is 3.81. The number of hydrogen-bond acceptors (Lipinski definition) is 1. The van der Waals surface area contributed by atoms with Crippen LogP contribution in [0.4, 0.5) is 0 Å². The Morgan fingerprint density at radius 3 is 1.75 bits per heavy atom. The fourth-order valence-electron chi connectivity index (χ4n) is 1.50. The molecule has 0 aromatic heterocycles. The van der Waals surface area contributed by atoms with E-state index in [1.165, 1.54) is 0 Å². The smallest absolute Gasteiger partial charge is 0.335 e. The fourth-order valence-corrected chi connectivity index (χ4v) is 1.50. The van der Waals surface area contributed by atoms with Gasteiger partial charge in [0, 0.05) is 0 Å². The molecule has 0 aliphatic rings. The molecule has 1 N–H and O–H groups in total. The van der Waals surface area contributed by atoms with Crippen LogP contribution in [0.3, 0.4) is 0 Å². The lowest BCUT2D eigenvalue weighted by Crippen LogP contribution is -1.94. The van der Waals surface area contributed by atoms with Gasteiger partial charge in [-0.2, -0.15) is 0 Å². The molecule has 16 heavy (non-hydrogen) atoms. The largest absolute Gasteiger partial charge is 0.478 e. The number of aromatic carboxylic acids is 1. The highest BCUT2D eigenvalue weighted by atomic mass is 16.4. The highest BCUT2D eigenvalue weighted by Gasteiger charge is 2.02. The summed E-state index contributed by atoms with van der Waals surface area (Å²) in [5.41, 5.74) is 3.33. The molecule has 0 amide bonds. The minimum Gasteiger partial charge on any atom is -0.478 e. The normalized spacial score (nSPS) is 10.1. The molecule has 0 heterocycles. The summed E-state index contributed by atoms with van der Waals surface area (Å²) in [6, 6.07) is 14.6. The predicted octanol–water partition coefficient (Wildman–Crippen LogP) is 3.23. The van der Waals surface area contributed by atoms with Crippen molar-refractivity contribution in [3.05, 3.63) is 66.6 Å². The molecule has 1 radical (unpaired) electrons. The van der Waals surface area contributed by atoms with Crippen molar-refractivity contribution in [2.24, 2.45) is 0 Å². The highest BCUT2D eigenvalue weighted by molar-refractivity contribution is 5.88. The van der Waals surface area contributed by atoms with Gasteiger partial charge in [-0.05, 0) is 35.7 Å². The number of carboxylic acids is 1. The molecule has 79 valence electrons. The summed E-state index contributed by atoms with van der Waals surface area (Å²) >= 11 is 0. The van der Waals surface area contributed by atoms with E-state index in [1.807, 2.05) is 36.4 Å². The lowest BCUT2D eigenvalue weighted by molar-refractivity contribution is 0.0697. The molecule has 0 unspecified atom stereocenters. The summed E-state index contributed by atoms with van der Waals surface area (Å²) in [4.78, 5) is 10.7. The number of carbonyl (C=O) groups is 1. The summed E-state index contributed by atoms with van der Waals surface area (Å²) in [5, 5.41) is 8.77. The molecule has 0 aliphatic carbocycles. The van der Waals surface area contributed by atoms with Crippen LogP contribution in [0.1, 0.15) is 15.9 Å². The van der Waals surface area contributed by atoms with Crippen LogP contribution >= 0.6 is 0 Å². The van der Waals surface area contributed by atoms with Crippen LogP contribution in [-0.4, -0.2) is 11.1 Å². The summed E-state index contributed by atoms with van der Waals surface area (Å²) in [6.07, 6.45) is 0. The molecule has 2 rings (SSSR count). The minimum absolute atomic E-state index is 0.303. The van der Waals surface area contributed by atoms with Crippen molar-refractivity contribution >= 4 is 5.97 Å². The maximum absolute atomic E-state index is 10.7. The molecule has 0 atom stereocenters. The second-order valence-electron chi connectivity index (χ2n) is 3.58. The van der Waals surface area contributed by atoms with Crippen molar-refractivity contribution in [1.29, 1.82) is 0 Å². The van der Waals surface area contributed by atoms with E-state index < -0.39 is 5.97 Å². The molecule has 0 aliphatic heterocycles. The van der Waals surface area contributed by atoms with Crippen molar-refractivity contribution < 1.29 is 9.90 Å². The second-order valence-corrected chi connectivity index (χ2v) is 3.58. The summed E-state index contributed by atoms with van der Waals surface area (Å²) in [7, 11) is 0. The first-order chi connectivity index (χ1) is 7.66. The van der Waals surface area contributed by atoms with Crippen molar-refractivity contribution in [2.45, 2.75) is 0 Å². The lowest BCUT2D eigenvalue weighted by Gasteiger charge is -2.02. The maximum Gasteiger partial charge on any atom is 0.335 e. The van der Waals surface area contributed by atoms with Crippen LogP contribution in [-0.2, 0) is 0 Å². The van der Waals surface area contributed by atoms with Gasteiger partial charge in [0.25, 0.3) is 0 Å². The summed E-state index contributed by atoms with van der Waals surface area (Å²) in [5.74, 6) is -0.903. The van der Waals surface area contributed by atoms with Crippen LogP contribution < -0.4 is 0 Å². The molecule has 2 heteroatoms. The highest BCUT2D eigenvalue weighted by Crippen LogP contribution is 2.20. The number of benzene rings is 2. The molecule has 0 fully saturated rings. The van der Waals surface area contributed by atoms with Crippen molar-refractivity contribution in [3.63, 3.8) is 0 Å². The van der Waals surface area contributed by atoms with Crippen LogP contribution in [0.5, 0.6) is 0 Å².